The summed E-state index contributed by atoms with van der Waals surface area (Å²) >= 11 is 0. The molecule has 0 aliphatic heterocycles. The molecule has 0 aromatic carbocycles. The van der Waals surface area contributed by atoms with Crippen LogP contribution in [0.4, 0.5) is 0 Å². The fraction of sp³-hybridized carbons (Fsp3) is 0.906. The Morgan fingerprint density at radius 2 is 0.671 bits per heavy atom. The van der Waals surface area contributed by atoms with Crippen LogP contribution in [-0.4, -0.2) is 47.4 Å². The van der Waals surface area contributed by atoms with Gasteiger partial charge in [0.1, 0.15) is 0 Å². The lowest BCUT2D eigenvalue weighted by Crippen LogP contribution is -2.45. The molecule has 0 saturated carbocycles. The van der Waals surface area contributed by atoms with E-state index in [2.05, 4.69) is 31.3 Å². The van der Waals surface area contributed by atoms with E-state index >= 15 is 0 Å². The van der Waals surface area contributed by atoms with Gasteiger partial charge in [-0.2, -0.15) is 0 Å². The predicted octanol–water partition coefficient (Wildman–Crippen LogP) is 19.8. The van der Waals surface area contributed by atoms with E-state index in [0.717, 1.165) is 44.9 Å². The third kappa shape index (κ3) is 55.7. The second kappa shape index (κ2) is 59.9. The van der Waals surface area contributed by atoms with Crippen molar-refractivity contribution in [3.63, 3.8) is 0 Å². The van der Waals surface area contributed by atoms with Crippen molar-refractivity contribution >= 4 is 11.9 Å². The molecule has 0 fully saturated rings. The third-order valence-electron chi connectivity index (χ3n) is 14.7. The first-order valence-electron chi connectivity index (χ1n) is 31.6. The maximum Gasteiger partial charge on any atom is 0.305 e. The summed E-state index contributed by atoms with van der Waals surface area (Å²) in [6.45, 7) is 4.91. The highest BCUT2D eigenvalue weighted by Crippen LogP contribution is 2.18. The molecular formula is C64H123NO5. The molecule has 0 aromatic heterocycles. The van der Waals surface area contributed by atoms with E-state index in [-0.39, 0.29) is 18.5 Å². The Balaban J connectivity index is 3.42. The molecule has 0 aliphatic carbocycles. The van der Waals surface area contributed by atoms with Gasteiger partial charge in [-0.1, -0.05) is 301 Å². The molecule has 6 nitrogen and oxygen atoms in total. The Labute approximate surface area is 437 Å². The van der Waals surface area contributed by atoms with Crippen molar-refractivity contribution in [1.82, 2.24) is 5.32 Å². The molecule has 2 unspecified atom stereocenters. The summed E-state index contributed by atoms with van der Waals surface area (Å²) in [4.78, 5) is 24.5. The normalized spacial score (nSPS) is 12.7. The Morgan fingerprint density at radius 1 is 0.386 bits per heavy atom. The highest BCUT2D eigenvalue weighted by atomic mass is 16.5. The van der Waals surface area contributed by atoms with Crippen molar-refractivity contribution in [2.75, 3.05) is 13.2 Å². The van der Waals surface area contributed by atoms with Crippen LogP contribution in [0.15, 0.2) is 24.3 Å². The zero-order chi connectivity index (χ0) is 50.7. The number of aliphatic hydroxyl groups excluding tert-OH is 2. The summed E-state index contributed by atoms with van der Waals surface area (Å²) in [7, 11) is 0. The Bertz CT molecular complexity index is 1090. The van der Waals surface area contributed by atoms with Crippen molar-refractivity contribution < 1.29 is 24.5 Å². The maximum absolute atomic E-state index is 12.5. The smallest absolute Gasteiger partial charge is 0.305 e. The molecule has 0 aromatic rings. The van der Waals surface area contributed by atoms with E-state index in [1.54, 1.807) is 6.08 Å². The van der Waals surface area contributed by atoms with Gasteiger partial charge in [0.2, 0.25) is 5.91 Å². The predicted molar refractivity (Wildman–Crippen MR) is 306 cm³/mol. The van der Waals surface area contributed by atoms with Crippen molar-refractivity contribution in [3.8, 4) is 0 Å². The Morgan fingerprint density at radius 3 is 1.03 bits per heavy atom. The quantitative estimate of drug-likeness (QED) is 0.0321. The molecule has 0 aliphatic rings. The minimum Gasteiger partial charge on any atom is -0.466 e. The van der Waals surface area contributed by atoms with Gasteiger partial charge in [0.05, 0.1) is 25.4 Å². The topological polar surface area (TPSA) is 95.9 Å². The summed E-state index contributed by atoms with van der Waals surface area (Å²) in [5, 5.41) is 23.2. The zero-order valence-corrected chi connectivity index (χ0v) is 47.3. The van der Waals surface area contributed by atoms with Crippen LogP contribution in [0, 0.1) is 0 Å². The van der Waals surface area contributed by atoms with Gasteiger partial charge < -0.3 is 20.3 Å². The van der Waals surface area contributed by atoms with Gasteiger partial charge in [0.25, 0.3) is 0 Å². The van der Waals surface area contributed by atoms with Crippen molar-refractivity contribution in [2.45, 2.75) is 360 Å². The van der Waals surface area contributed by atoms with Crippen LogP contribution in [0.1, 0.15) is 348 Å². The molecule has 70 heavy (non-hydrogen) atoms. The number of aliphatic hydroxyl groups is 2. The molecule has 6 heteroatoms. The number of carbonyl (C=O) groups excluding carboxylic acids is 2. The fourth-order valence-electron chi connectivity index (χ4n) is 9.87. The first-order valence-corrected chi connectivity index (χ1v) is 31.6. The molecule has 2 atom stereocenters. The Kier molecular flexibility index (Phi) is 58.5. The summed E-state index contributed by atoms with van der Waals surface area (Å²) < 4.78 is 5.47. The minimum atomic E-state index is -0.845. The van der Waals surface area contributed by atoms with E-state index < -0.39 is 12.1 Å². The van der Waals surface area contributed by atoms with Crippen LogP contribution in [0.25, 0.3) is 0 Å². The second-order valence-electron chi connectivity index (χ2n) is 21.7. The monoisotopic (exact) mass is 986 g/mol. The number of nitrogens with one attached hydrogen (secondary N) is 1. The van der Waals surface area contributed by atoms with Gasteiger partial charge in [-0.25, -0.2) is 0 Å². The highest BCUT2D eigenvalue weighted by Gasteiger charge is 2.18. The average Bonchev–Trinajstić information content (AvgIpc) is 3.36. The van der Waals surface area contributed by atoms with Crippen LogP contribution in [-0.2, 0) is 14.3 Å². The number of unbranched alkanes of at least 4 members (excludes halogenated alkanes) is 46. The van der Waals surface area contributed by atoms with Crippen LogP contribution in [0.5, 0.6) is 0 Å². The number of esters is 1. The van der Waals surface area contributed by atoms with Gasteiger partial charge in [0, 0.05) is 12.8 Å². The van der Waals surface area contributed by atoms with E-state index in [9.17, 15) is 19.8 Å². The molecule has 414 valence electrons. The van der Waals surface area contributed by atoms with Gasteiger partial charge in [0.15, 0.2) is 0 Å². The molecule has 0 bridgehead atoms. The lowest BCUT2D eigenvalue weighted by atomic mass is 10.0. The third-order valence-corrected chi connectivity index (χ3v) is 14.7. The first kappa shape index (κ1) is 68.3. The van der Waals surface area contributed by atoms with Crippen molar-refractivity contribution in [2.24, 2.45) is 0 Å². The molecule has 3 N–H and O–H groups in total. The van der Waals surface area contributed by atoms with Gasteiger partial charge >= 0.3 is 5.97 Å². The summed E-state index contributed by atoms with van der Waals surface area (Å²) in [6.07, 6.45) is 73.6. The number of amides is 1. The van der Waals surface area contributed by atoms with Crippen LogP contribution < -0.4 is 5.32 Å². The van der Waals surface area contributed by atoms with Crippen LogP contribution in [0.3, 0.4) is 0 Å². The maximum atomic E-state index is 12.5. The highest BCUT2D eigenvalue weighted by molar-refractivity contribution is 5.76. The van der Waals surface area contributed by atoms with E-state index in [1.807, 2.05) is 6.08 Å². The molecule has 0 rings (SSSR count). The number of carbonyl (C=O) groups is 2. The number of hydrogen-bond acceptors (Lipinski definition) is 5. The SMILES string of the molecule is CCCCCC/C=C\CCCCCCCC(=O)OCCCCCCCCCCCCCCCCCCCCCCCC(=O)NC(CO)C(O)/C=C/CCCCCCCCCCCCCCCCCCC. The lowest BCUT2D eigenvalue weighted by Gasteiger charge is -2.20. The zero-order valence-electron chi connectivity index (χ0n) is 47.3. The molecule has 0 heterocycles. The van der Waals surface area contributed by atoms with Gasteiger partial charge in [-0.3, -0.25) is 9.59 Å². The van der Waals surface area contributed by atoms with E-state index in [0.29, 0.717) is 19.4 Å². The molecule has 1 amide bonds. The van der Waals surface area contributed by atoms with Crippen LogP contribution in [0.2, 0.25) is 0 Å². The van der Waals surface area contributed by atoms with Crippen molar-refractivity contribution in [3.05, 3.63) is 24.3 Å². The number of hydrogen-bond donors (Lipinski definition) is 3. The molecule has 0 radical (unpaired) electrons. The molecule has 0 spiro atoms. The first-order chi connectivity index (χ1) is 34.5. The summed E-state index contributed by atoms with van der Waals surface area (Å²) in [5.41, 5.74) is 0. The van der Waals surface area contributed by atoms with Crippen molar-refractivity contribution in [1.29, 1.82) is 0 Å². The molecular weight excluding hydrogens is 863 g/mol. The Hall–Kier alpha value is -1.66. The molecule has 0 saturated heterocycles. The second-order valence-corrected chi connectivity index (χ2v) is 21.7. The largest absolute Gasteiger partial charge is 0.466 e. The number of allylic oxidation sites excluding steroid dienone is 3. The van der Waals surface area contributed by atoms with Gasteiger partial charge in [-0.15, -0.1) is 0 Å². The van der Waals surface area contributed by atoms with E-state index in [1.165, 1.54) is 276 Å². The standard InChI is InChI=1S/C64H123NO5/c1-3-5-7-9-11-13-15-17-18-19-23-26-29-33-36-40-44-48-52-56-62(67)61(60-66)65-63(68)57-53-49-45-41-37-34-30-27-24-21-20-22-25-28-31-35-39-43-47-51-55-59-70-64(69)58-54-50-46-42-38-32-16-14-12-10-8-6-4-2/h14,16,52,56,61-62,66-67H,3-13,15,17-51,53-55,57-60H2,1-2H3,(H,65,68)/b16-14-,56-52+. The van der Waals surface area contributed by atoms with Crippen LogP contribution >= 0.6 is 0 Å². The van der Waals surface area contributed by atoms with E-state index in [4.69, 9.17) is 4.74 Å². The lowest BCUT2D eigenvalue weighted by molar-refractivity contribution is -0.143. The average molecular weight is 987 g/mol. The summed E-state index contributed by atoms with van der Waals surface area (Å²) in [6, 6.07) is -0.629. The number of ether oxygens (including phenoxy) is 1. The fourth-order valence-corrected chi connectivity index (χ4v) is 9.87. The summed E-state index contributed by atoms with van der Waals surface area (Å²) in [5.74, 6) is -0.0636. The van der Waals surface area contributed by atoms with Gasteiger partial charge in [-0.05, 0) is 57.8 Å². The number of rotatable bonds is 59. The minimum absolute atomic E-state index is 0.00256.